The first kappa shape index (κ1) is 38.8. The zero-order chi connectivity index (χ0) is 35.6. The van der Waals surface area contributed by atoms with Crippen molar-refractivity contribution in [3.05, 3.63) is 0 Å². The summed E-state index contributed by atoms with van der Waals surface area (Å²) in [6.07, 6.45) is -16.3. The van der Waals surface area contributed by atoms with Crippen molar-refractivity contribution < 1.29 is 90.5 Å². The maximum absolute atomic E-state index is 12.2. The molecule has 2 saturated heterocycles. The van der Waals surface area contributed by atoms with Crippen molar-refractivity contribution in [1.82, 2.24) is 0 Å². The van der Waals surface area contributed by atoms with Crippen LogP contribution in [0.5, 0.6) is 0 Å². The molecular formula is C28H38O19. The van der Waals surface area contributed by atoms with Crippen LogP contribution >= 0.6 is 0 Å². The predicted octanol–water partition coefficient (Wildman–Crippen LogP) is -0.831. The van der Waals surface area contributed by atoms with E-state index in [9.17, 15) is 38.4 Å². The van der Waals surface area contributed by atoms with E-state index in [0.717, 1.165) is 55.4 Å². The van der Waals surface area contributed by atoms with E-state index >= 15 is 0 Å². The van der Waals surface area contributed by atoms with Crippen LogP contribution in [0.1, 0.15) is 55.4 Å². The standard InChI is InChI=1S/C28H38O19/c1-11(29)37-9-19-21(39-13(3)31)23(41-15(5)33)25(43-17(7)35)27(45-19)47-28-26(44-18(8)36)24(42-16(6)34)22(40-14(4)32)20(46-28)10-38-12(2)30/h19-28H,9-10H2,1-8H3/t19-,20-,21-,22-,23+,24+,25+,26+,27+,28+/m1/s1. The van der Waals surface area contributed by atoms with Gasteiger partial charge in [-0.15, -0.1) is 0 Å². The quantitative estimate of drug-likeness (QED) is 0.181. The molecule has 47 heavy (non-hydrogen) atoms. The Morgan fingerprint density at radius 2 is 0.638 bits per heavy atom. The topological polar surface area (TPSA) is 238 Å². The zero-order valence-corrected chi connectivity index (χ0v) is 26.9. The van der Waals surface area contributed by atoms with Crippen molar-refractivity contribution in [3.8, 4) is 0 Å². The van der Waals surface area contributed by atoms with Crippen molar-refractivity contribution in [2.45, 2.75) is 117 Å². The molecule has 0 aromatic rings. The first-order chi connectivity index (χ1) is 21.9. The van der Waals surface area contributed by atoms with Crippen LogP contribution in [-0.4, -0.2) is 122 Å². The molecule has 19 nitrogen and oxygen atoms in total. The first-order valence-corrected chi connectivity index (χ1v) is 14.2. The lowest BCUT2D eigenvalue weighted by atomic mass is 9.96. The van der Waals surface area contributed by atoms with Crippen LogP contribution in [0.15, 0.2) is 0 Å². The molecule has 2 aliphatic rings. The van der Waals surface area contributed by atoms with Gasteiger partial charge in [0.2, 0.25) is 12.6 Å². The number of carbonyl (C=O) groups is 8. The molecular weight excluding hydrogens is 640 g/mol. The van der Waals surface area contributed by atoms with Gasteiger partial charge in [0.1, 0.15) is 25.4 Å². The Hall–Kier alpha value is -4.36. The summed E-state index contributed by atoms with van der Waals surface area (Å²) in [5.41, 5.74) is 0. The van der Waals surface area contributed by atoms with Gasteiger partial charge in [0, 0.05) is 55.4 Å². The number of ether oxygens (including phenoxy) is 11. The van der Waals surface area contributed by atoms with E-state index in [2.05, 4.69) is 0 Å². The Bertz CT molecular complexity index is 1110. The maximum atomic E-state index is 12.2. The third-order valence-electron chi connectivity index (χ3n) is 6.16. The van der Waals surface area contributed by atoms with Gasteiger partial charge in [-0.25, -0.2) is 0 Å². The van der Waals surface area contributed by atoms with Crippen molar-refractivity contribution in [2.75, 3.05) is 13.2 Å². The summed E-state index contributed by atoms with van der Waals surface area (Å²) in [6, 6.07) is 0. The molecule has 0 aromatic carbocycles. The van der Waals surface area contributed by atoms with Crippen LogP contribution in [0, 0.1) is 0 Å². The van der Waals surface area contributed by atoms with E-state index in [1.165, 1.54) is 0 Å². The van der Waals surface area contributed by atoms with Crippen LogP contribution in [-0.2, 0) is 90.5 Å². The summed E-state index contributed by atoms with van der Waals surface area (Å²) < 4.78 is 60.1. The summed E-state index contributed by atoms with van der Waals surface area (Å²) in [6.45, 7) is 7.10. The third kappa shape index (κ3) is 12.1. The molecule has 19 heteroatoms. The first-order valence-electron chi connectivity index (χ1n) is 14.2. The Morgan fingerprint density at radius 1 is 0.383 bits per heavy atom. The van der Waals surface area contributed by atoms with Gasteiger partial charge in [-0.3, -0.25) is 38.4 Å². The molecule has 0 aromatic heterocycles. The summed E-state index contributed by atoms with van der Waals surface area (Å²) >= 11 is 0. The van der Waals surface area contributed by atoms with Crippen molar-refractivity contribution in [1.29, 1.82) is 0 Å². The highest BCUT2D eigenvalue weighted by molar-refractivity contribution is 5.70. The normalized spacial score (nSPS) is 30.0. The second kappa shape index (κ2) is 17.5. The van der Waals surface area contributed by atoms with E-state index in [0.29, 0.717) is 0 Å². The van der Waals surface area contributed by atoms with Crippen LogP contribution in [0.2, 0.25) is 0 Å². The maximum Gasteiger partial charge on any atom is 0.303 e. The molecule has 2 fully saturated rings. The Kier molecular flexibility index (Phi) is 14.5. The Morgan fingerprint density at radius 3 is 0.894 bits per heavy atom. The highest BCUT2D eigenvalue weighted by atomic mass is 16.8. The number of hydrogen-bond acceptors (Lipinski definition) is 19. The minimum atomic E-state index is -1.84. The molecule has 2 aliphatic heterocycles. The molecule has 10 atom stereocenters. The average Bonchev–Trinajstić information content (AvgIpc) is 2.91. The third-order valence-corrected chi connectivity index (χ3v) is 6.16. The lowest BCUT2D eigenvalue weighted by molar-refractivity contribution is -0.377. The van der Waals surface area contributed by atoms with Crippen LogP contribution in [0.25, 0.3) is 0 Å². The highest BCUT2D eigenvalue weighted by Crippen LogP contribution is 2.35. The van der Waals surface area contributed by atoms with Crippen LogP contribution in [0.4, 0.5) is 0 Å². The molecule has 2 rings (SSSR count). The molecule has 0 amide bonds. The van der Waals surface area contributed by atoms with Crippen molar-refractivity contribution >= 4 is 47.8 Å². The van der Waals surface area contributed by atoms with E-state index < -0.39 is 122 Å². The van der Waals surface area contributed by atoms with Crippen LogP contribution < -0.4 is 0 Å². The fourth-order valence-electron chi connectivity index (χ4n) is 4.73. The fourth-order valence-corrected chi connectivity index (χ4v) is 4.73. The van der Waals surface area contributed by atoms with Gasteiger partial charge >= 0.3 is 47.8 Å². The van der Waals surface area contributed by atoms with E-state index in [1.54, 1.807) is 0 Å². The highest BCUT2D eigenvalue weighted by Gasteiger charge is 2.57. The largest absolute Gasteiger partial charge is 0.463 e. The van der Waals surface area contributed by atoms with Gasteiger partial charge in [-0.2, -0.15) is 0 Å². The van der Waals surface area contributed by atoms with E-state index in [-0.39, 0.29) is 0 Å². The number of rotatable bonds is 12. The van der Waals surface area contributed by atoms with Gasteiger partial charge in [0.05, 0.1) is 0 Å². The van der Waals surface area contributed by atoms with Gasteiger partial charge in [0.25, 0.3) is 0 Å². The Balaban J connectivity index is 2.69. The molecule has 2 heterocycles. The van der Waals surface area contributed by atoms with Gasteiger partial charge in [-0.1, -0.05) is 0 Å². The molecule has 0 N–H and O–H groups in total. The van der Waals surface area contributed by atoms with Gasteiger partial charge in [0.15, 0.2) is 36.6 Å². The lowest BCUT2D eigenvalue weighted by Crippen LogP contribution is -2.66. The number of hydrogen-bond donors (Lipinski definition) is 0. The van der Waals surface area contributed by atoms with Crippen molar-refractivity contribution in [3.63, 3.8) is 0 Å². The van der Waals surface area contributed by atoms with Crippen LogP contribution in [0.3, 0.4) is 0 Å². The van der Waals surface area contributed by atoms with E-state index in [1.807, 2.05) is 0 Å². The molecule has 264 valence electrons. The monoisotopic (exact) mass is 678 g/mol. The van der Waals surface area contributed by atoms with E-state index in [4.69, 9.17) is 52.1 Å². The minimum absolute atomic E-state index is 0.587. The minimum Gasteiger partial charge on any atom is -0.463 e. The summed E-state index contributed by atoms with van der Waals surface area (Å²) in [5.74, 6) is -6.98. The average molecular weight is 679 g/mol. The molecule has 0 bridgehead atoms. The molecule has 0 saturated carbocycles. The molecule has 0 unspecified atom stereocenters. The summed E-state index contributed by atoms with van der Waals surface area (Å²) in [4.78, 5) is 96.2. The smallest absolute Gasteiger partial charge is 0.303 e. The second-order valence-electron chi connectivity index (χ2n) is 10.3. The molecule has 0 aliphatic carbocycles. The zero-order valence-electron chi connectivity index (χ0n) is 26.9. The second-order valence-corrected chi connectivity index (χ2v) is 10.3. The summed E-state index contributed by atoms with van der Waals surface area (Å²) in [5, 5.41) is 0. The van der Waals surface area contributed by atoms with Gasteiger partial charge < -0.3 is 52.1 Å². The SMILES string of the molecule is CC(=O)OC[C@H]1O[C@@H](O[C@@H]2O[C@H](COC(C)=O)[C@@H](OC(C)=O)[C@H](OC(C)=O)[C@@H]2OC(C)=O)[C@@H](OC(C)=O)[C@@H](OC(C)=O)[C@@H]1OC(C)=O. The lowest BCUT2D eigenvalue weighted by Gasteiger charge is -2.48. The number of carbonyl (C=O) groups excluding carboxylic acids is 8. The number of esters is 8. The Labute approximate surface area is 268 Å². The van der Waals surface area contributed by atoms with Gasteiger partial charge in [-0.05, 0) is 0 Å². The molecule has 0 spiro atoms. The van der Waals surface area contributed by atoms with Crippen molar-refractivity contribution in [2.24, 2.45) is 0 Å². The molecule has 0 radical (unpaired) electrons. The predicted molar refractivity (Wildman–Crippen MR) is 145 cm³/mol. The fraction of sp³-hybridized carbons (Fsp3) is 0.714. The summed E-state index contributed by atoms with van der Waals surface area (Å²) in [7, 11) is 0.